The molecule has 0 amide bonds. The molecule has 0 fully saturated rings. The van der Waals surface area contributed by atoms with E-state index in [1.165, 1.54) is 0 Å². The summed E-state index contributed by atoms with van der Waals surface area (Å²) >= 11 is 0. The van der Waals surface area contributed by atoms with E-state index in [0.29, 0.717) is 6.26 Å². The fourth-order valence-corrected chi connectivity index (χ4v) is 0. The molecule has 192 valence electrons. The normalized spacial score (nSPS) is 11.7. The van der Waals surface area contributed by atoms with Crippen molar-refractivity contribution in [1.82, 2.24) is 0 Å². The SMILES string of the molecule is CS(=O)(=O)O.O=P(O)(O)O.O=S(=O)(O)Cl.O=S(=O)(O)F.O=S(=O)(O)O.[O-][Cl+3]([O-])([O-])O. The minimum absolute atomic E-state index is 0.715. The lowest BCUT2D eigenvalue weighted by molar-refractivity contribution is -1.92. The highest BCUT2D eigenvalue weighted by Gasteiger charge is 2.00. The van der Waals surface area contributed by atoms with E-state index in [1.54, 1.807) is 0 Å². The van der Waals surface area contributed by atoms with E-state index < -0.39 is 58.4 Å². The van der Waals surface area contributed by atoms with Crippen LogP contribution in [0.25, 0.3) is 0 Å². The summed E-state index contributed by atoms with van der Waals surface area (Å²) in [6.45, 7) is 0. The van der Waals surface area contributed by atoms with Gasteiger partial charge >= 0.3 is 38.1 Å². The molecule has 30 heavy (non-hydrogen) atoms. The number of rotatable bonds is 0. The van der Waals surface area contributed by atoms with Crippen LogP contribution in [0.15, 0.2) is 0 Å². The van der Waals surface area contributed by atoms with Gasteiger partial charge in [-0.2, -0.15) is 47.6 Å². The molecule has 0 unspecified atom stereocenters. The highest BCUT2D eigenvalue weighted by molar-refractivity contribution is 8.09. The Morgan fingerprint density at radius 3 is 0.800 bits per heavy atom. The van der Waals surface area contributed by atoms with E-state index in [1.807, 2.05) is 0 Å². The molecule has 0 heterocycles. The van der Waals surface area contributed by atoms with Crippen LogP contribution in [0.2, 0.25) is 0 Å². The molecule has 0 aliphatic rings. The van der Waals surface area contributed by atoms with Crippen LogP contribution >= 0.6 is 18.5 Å². The standard InChI is InChI=1S/CH4O3S.ClHO4.ClHO3S.FHO3S.H3O4P.H2O4S/c1-5(2,3)4;2-1(3,4)5;4*1-5(2,3)4/h1H3,(H,2,3,4);(H,2,3,4,5);2*(H,2,3,4);(H3,1,2,3,4);(H2,1,2,3,4). The molecule has 29 heteroatoms. The minimum atomic E-state index is -5.17. The van der Waals surface area contributed by atoms with Gasteiger partial charge in [0.15, 0.2) is 0 Å². The maximum absolute atomic E-state index is 10.2. The topological polar surface area (TPSA) is 405 Å². The minimum Gasteiger partial charge on any atom is -0.303 e. The van der Waals surface area contributed by atoms with Crippen LogP contribution in [-0.4, -0.2) is 82.0 Å². The first kappa shape index (κ1) is 43.9. The third-order valence-corrected chi connectivity index (χ3v) is 0. The van der Waals surface area contributed by atoms with Crippen LogP contribution in [0.3, 0.4) is 0 Å². The average molecular weight is 609 g/mol. The van der Waals surface area contributed by atoms with Gasteiger partial charge in [-0.1, -0.05) is 3.89 Å². The summed E-state index contributed by atoms with van der Waals surface area (Å²) in [5, 5.41) is 0. The van der Waals surface area contributed by atoms with Crippen molar-refractivity contribution >= 4 is 58.9 Å². The van der Waals surface area contributed by atoms with Gasteiger partial charge in [0.2, 0.25) is 0 Å². The Hall–Kier alpha value is 0.0600. The molecular formula is CH12Cl2FO21PS4. The molecule has 0 saturated carbocycles. The molecular weight excluding hydrogens is 597 g/mol. The Bertz CT molecular complexity index is 703. The molecule has 0 aromatic heterocycles. The number of phosphoric acid groups is 1. The zero-order valence-electron chi connectivity index (χ0n) is 13.1. The van der Waals surface area contributed by atoms with E-state index in [2.05, 4.69) is 10.7 Å². The molecule has 9 N–H and O–H groups in total. The van der Waals surface area contributed by atoms with Crippen LogP contribution in [0, 0.1) is 10.2 Å². The maximum atomic E-state index is 10.2. The second-order valence-electron chi connectivity index (χ2n) is 2.91. The van der Waals surface area contributed by atoms with Crippen molar-refractivity contribution in [3.05, 3.63) is 0 Å². The van der Waals surface area contributed by atoms with Crippen molar-refractivity contribution in [3.63, 3.8) is 0 Å². The quantitative estimate of drug-likeness (QED) is 0.0700. The third-order valence-electron chi connectivity index (χ3n) is 0. The summed E-state index contributed by atoms with van der Waals surface area (Å²) in [5.74, 6) is 0. The summed E-state index contributed by atoms with van der Waals surface area (Å²) in [7, 11) is -23.0. The number of hydrogen-bond acceptors (Lipinski definition) is 13. The molecule has 0 aliphatic heterocycles. The van der Waals surface area contributed by atoms with Crippen molar-refractivity contribution in [2.75, 3.05) is 6.26 Å². The van der Waals surface area contributed by atoms with Gasteiger partial charge in [-0.15, -0.1) is 0 Å². The van der Waals surface area contributed by atoms with Gasteiger partial charge in [0.1, 0.15) is 0 Å². The van der Waals surface area contributed by atoms with E-state index in [4.69, 9.17) is 85.9 Å². The molecule has 0 atom stereocenters. The summed E-state index contributed by atoms with van der Waals surface area (Å²) in [6.07, 6.45) is 0.715. The third kappa shape index (κ3) is 5710000. The van der Waals surface area contributed by atoms with Gasteiger partial charge in [0.25, 0.3) is 10.1 Å². The van der Waals surface area contributed by atoms with Crippen molar-refractivity contribution in [2.45, 2.75) is 0 Å². The van der Waals surface area contributed by atoms with Crippen LogP contribution in [0.5, 0.6) is 0 Å². The van der Waals surface area contributed by atoms with Crippen LogP contribution in [-0.2, 0) is 44.9 Å². The van der Waals surface area contributed by atoms with E-state index in [0.717, 1.165) is 0 Å². The smallest absolute Gasteiger partial charge is 0.303 e. The Labute approximate surface area is 173 Å². The van der Waals surface area contributed by atoms with Crippen molar-refractivity contribution in [2.24, 2.45) is 0 Å². The number of halogens is 3. The maximum Gasteiger partial charge on any atom is 0.466 e. The molecule has 0 bridgehead atoms. The van der Waals surface area contributed by atoms with Gasteiger partial charge in [0.05, 0.1) is 21.2 Å². The summed E-state index contributed by atoms with van der Waals surface area (Å²) < 4.78 is 158. The lowest BCUT2D eigenvalue weighted by atomic mass is 12.0. The fraction of sp³-hybridized carbons (Fsp3) is 1.00. The highest BCUT2D eigenvalue weighted by atomic mass is 35.7. The monoisotopic (exact) mass is 608 g/mol. The van der Waals surface area contributed by atoms with E-state index in [-0.39, 0.29) is 0 Å². The predicted octanol–water partition coefficient (Wildman–Crippen LogP) is -6.41. The Morgan fingerprint density at radius 2 is 0.800 bits per heavy atom. The second kappa shape index (κ2) is 17.6. The molecule has 0 aliphatic carbocycles. The summed E-state index contributed by atoms with van der Waals surface area (Å²) in [4.78, 5) is 21.6. The fourth-order valence-electron chi connectivity index (χ4n) is 0. The Morgan fingerprint density at radius 1 is 0.800 bits per heavy atom. The first-order valence-electron chi connectivity index (χ1n) is 4.38. The molecule has 0 aromatic rings. The first-order chi connectivity index (χ1) is 12.0. The van der Waals surface area contributed by atoms with E-state index >= 15 is 0 Å². The molecule has 0 aromatic carbocycles. The predicted molar refractivity (Wildman–Crippen MR) is 78.2 cm³/mol. The van der Waals surface area contributed by atoms with Crippen LogP contribution < -0.4 is 14.0 Å². The Balaban J connectivity index is -0.0000000576. The van der Waals surface area contributed by atoms with Crippen LogP contribution in [0.4, 0.5) is 3.89 Å². The summed E-state index contributed by atoms with van der Waals surface area (Å²) in [6, 6.07) is 0. The number of hydrogen-bond donors (Lipinski definition) is 9. The lowest BCUT2D eigenvalue weighted by Gasteiger charge is -2.03. The van der Waals surface area contributed by atoms with Crippen molar-refractivity contribution in [1.29, 1.82) is 0 Å². The lowest BCUT2D eigenvalue weighted by Crippen LogP contribution is -2.58. The van der Waals surface area contributed by atoms with Gasteiger partial charge in [0, 0.05) is 10.7 Å². The van der Waals surface area contributed by atoms with Crippen molar-refractivity contribution < 1.29 is 108 Å². The van der Waals surface area contributed by atoms with Gasteiger partial charge in [-0.3, -0.25) is 22.8 Å². The summed E-state index contributed by atoms with van der Waals surface area (Å²) in [5.41, 5.74) is 0. The first-order valence-corrected chi connectivity index (χ1v) is 14.1. The molecule has 0 rings (SSSR count). The van der Waals surface area contributed by atoms with Gasteiger partial charge < -0.3 is 14.7 Å². The molecule has 21 nitrogen and oxygen atoms in total. The zero-order valence-corrected chi connectivity index (χ0v) is 18.8. The Kier molecular flexibility index (Phi) is 25.7. The van der Waals surface area contributed by atoms with E-state index in [9.17, 15) is 12.3 Å². The zero-order chi connectivity index (χ0) is 27.0. The highest BCUT2D eigenvalue weighted by Crippen LogP contribution is 2.25. The average Bonchev–Trinajstić information content (AvgIpc) is 1.94. The van der Waals surface area contributed by atoms with Gasteiger partial charge in [-0.25, -0.2) is 4.57 Å². The molecule has 0 spiro atoms. The molecule has 0 radical (unpaired) electrons. The van der Waals surface area contributed by atoms with Crippen LogP contribution in [0.1, 0.15) is 0 Å². The van der Waals surface area contributed by atoms with Gasteiger partial charge in [-0.05, 0) is 0 Å². The molecule has 0 saturated heterocycles. The van der Waals surface area contributed by atoms with Crippen molar-refractivity contribution in [3.8, 4) is 0 Å². The second-order valence-corrected chi connectivity index (χ2v) is 9.91. The largest absolute Gasteiger partial charge is 0.466 e.